The third-order valence-electron chi connectivity index (χ3n) is 1.07. The molecular formula is C10H24N2O2. The molecule has 0 unspecified atom stereocenters. The predicted octanol–water partition coefficient (Wildman–Crippen LogP) is -0.293. The van der Waals surface area contributed by atoms with Gasteiger partial charge in [-0.3, -0.25) is 0 Å². The second-order valence-electron chi connectivity index (χ2n) is 1.91. The van der Waals surface area contributed by atoms with Crippen LogP contribution in [0.25, 0.3) is 0 Å². The Morgan fingerprint density at radius 2 is 1.79 bits per heavy atom. The van der Waals surface area contributed by atoms with Gasteiger partial charge in [0, 0.05) is 41.6 Å². The fraction of sp³-hybridized carbons (Fsp3) is 1.00. The molecule has 0 saturated carbocycles. The van der Waals surface area contributed by atoms with Crippen LogP contribution >= 0.6 is 0 Å². The Morgan fingerprint density at radius 1 is 1.29 bits per heavy atom. The molecule has 0 aliphatic rings. The van der Waals surface area contributed by atoms with Crippen LogP contribution in [0.2, 0.25) is 2.82 Å². The summed E-state index contributed by atoms with van der Waals surface area (Å²) >= 11 is 0. The van der Waals surface area contributed by atoms with Crippen molar-refractivity contribution in [1.29, 1.82) is 2.86 Å². The van der Waals surface area contributed by atoms with Gasteiger partial charge in [0.25, 0.3) is 0 Å². The van der Waals surface area contributed by atoms with Crippen LogP contribution in [0, 0.1) is 0 Å². The molecule has 14 heavy (non-hydrogen) atoms. The van der Waals surface area contributed by atoms with Crippen molar-refractivity contribution in [3.63, 3.8) is 0 Å². The largest absolute Gasteiger partial charge is 0.395 e. The Morgan fingerprint density at radius 3 is 2.14 bits per heavy atom. The van der Waals surface area contributed by atoms with Gasteiger partial charge in [0.2, 0.25) is 2.86 Å². The van der Waals surface area contributed by atoms with E-state index in [4.69, 9.17) is 27.6 Å². The molecule has 0 saturated heterocycles. The molecule has 0 aromatic heterocycles. The second kappa shape index (κ2) is 9.40. The Bertz CT molecular complexity index is 636. The van der Waals surface area contributed by atoms with Crippen LogP contribution in [0.3, 0.4) is 0 Å². The van der Waals surface area contributed by atoms with Gasteiger partial charge >= 0.3 is 0 Å². The lowest BCUT2D eigenvalue weighted by molar-refractivity contribution is 0.229. The molecule has 86 valence electrons. The van der Waals surface area contributed by atoms with E-state index in [0.717, 1.165) is 0 Å². The molecule has 0 rings (SSSR count). The first kappa shape index (κ1) is 2.12. The molecule has 2 atom stereocenters. The zero-order valence-electron chi connectivity index (χ0n) is 27.1. The standard InChI is InChI=1S/C10H24N2O2/c1-3-9(7-13)11-5-6-12-10(4-2)8-14/h9-14H,3-8H2,1-2H3/t9-,10-/m0/s1/i1D3,2D3,3D2,4D2,7D2,8D2,9D,10D,13D,14D/hD2. The minimum atomic E-state index is -3.91. The quantitative estimate of drug-likeness (QED) is 0.389. The Labute approximate surface area is 115 Å². The van der Waals surface area contributed by atoms with Crippen molar-refractivity contribution in [2.24, 2.45) is 0 Å². The van der Waals surface area contributed by atoms with Crippen LogP contribution in [-0.4, -0.2) is 51.3 Å². The highest BCUT2D eigenvalue weighted by molar-refractivity contribution is 4.67. The van der Waals surface area contributed by atoms with Gasteiger partial charge in [0.05, 0.1) is 18.6 Å². The van der Waals surface area contributed by atoms with Crippen molar-refractivity contribution in [3.8, 4) is 0 Å². The fourth-order valence-electron chi connectivity index (χ4n) is 0.518. The van der Waals surface area contributed by atoms with Crippen LogP contribution in [-0.2, 0) is 0 Å². The number of hydrogen-bond donors (Lipinski definition) is 4. The summed E-state index contributed by atoms with van der Waals surface area (Å²) in [6, 6.07) is -7.71. The number of hydrogen-bond acceptors (Lipinski definition) is 4. The highest BCUT2D eigenvalue weighted by Gasteiger charge is 2.04. The molecule has 4 N–H and O–H groups in total. The molecule has 0 heterocycles. The SMILES string of the molecule is [2H]OC([2H])([2H])[C@@]([2H])(N([2H])CCN([2H])[C@]([2H])(C([2H])([2H])O[2H])C([2H])([2H])C([2H])([2H])[2H])C([2H])([2H])C([2H])([2H])[2H]. The molecule has 0 bridgehead atoms. The van der Waals surface area contributed by atoms with Gasteiger partial charge < -0.3 is 20.8 Å². The summed E-state index contributed by atoms with van der Waals surface area (Å²) in [5.74, 6) is 0. The van der Waals surface area contributed by atoms with E-state index in [1.807, 2.05) is 0 Å². The van der Waals surface area contributed by atoms with Gasteiger partial charge in [-0.05, 0) is 12.7 Å². The third kappa shape index (κ3) is 6.32. The summed E-state index contributed by atoms with van der Waals surface area (Å²) in [7, 11) is 0. The van der Waals surface area contributed by atoms with E-state index in [9.17, 15) is 0 Å². The first-order chi connectivity index (χ1) is 14.7. The minimum Gasteiger partial charge on any atom is -0.395 e. The van der Waals surface area contributed by atoms with E-state index >= 15 is 0 Å². The average molecular weight is 224 g/mol. The third-order valence-corrected chi connectivity index (χ3v) is 1.07. The van der Waals surface area contributed by atoms with Gasteiger partial charge in [-0.1, -0.05) is 13.7 Å². The lowest BCUT2D eigenvalue weighted by Gasteiger charge is -2.17. The fourth-order valence-corrected chi connectivity index (χ4v) is 0.518. The van der Waals surface area contributed by atoms with E-state index in [1.165, 1.54) is 0 Å². The number of aliphatic hydroxyl groups is 2. The van der Waals surface area contributed by atoms with E-state index in [2.05, 4.69) is 10.2 Å². The summed E-state index contributed by atoms with van der Waals surface area (Å²) in [6.45, 7) is -17.7. The highest BCUT2D eigenvalue weighted by atomic mass is 16.3. The maximum absolute atomic E-state index is 8.13. The Hall–Kier alpha value is -0.160. The number of nitrogens with one attached hydrogen (secondary N) is 2. The molecule has 0 amide bonds. The topological polar surface area (TPSA) is 64.5 Å². The first-order valence-corrected chi connectivity index (χ1v) is 3.49. The summed E-state index contributed by atoms with van der Waals surface area (Å²) in [4.78, 5) is 0. The first-order valence-electron chi connectivity index (χ1n) is 13.2. The summed E-state index contributed by atoms with van der Waals surface area (Å²) in [6.07, 6.45) is -7.83. The van der Waals surface area contributed by atoms with E-state index in [0.29, 0.717) is 0 Å². The molecular weight excluding hydrogens is 180 g/mol. The summed E-state index contributed by atoms with van der Waals surface area (Å²) in [5, 5.41) is 6.51. The zero-order chi connectivity index (χ0) is 28.0. The molecule has 0 aliphatic carbocycles. The Kier molecular flexibility index (Phi) is 1.42. The molecule has 0 aromatic carbocycles. The average Bonchev–Trinajstić information content (AvgIpc) is 2.67. The van der Waals surface area contributed by atoms with Crippen LogP contribution in [0.4, 0.5) is 0 Å². The lowest BCUT2D eigenvalue weighted by Crippen LogP contribution is -2.40. The summed E-state index contributed by atoms with van der Waals surface area (Å²) < 4.78 is 151. The normalized spacial score (nSPS) is 47.3. The maximum Gasteiger partial charge on any atom is 0.210 e. The van der Waals surface area contributed by atoms with Gasteiger partial charge in [0.1, 0.15) is 2.82 Å². The summed E-state index contributed by atoms with van der Waals surface area (Å²) in [5.41, 5.74) is 0. The highest BCUT2D eigenvalue weighted by Crippen LogP contribution is 1.89. The van der Waals surface area contributed by atoms with Crippen molar-refractivity contribution in [2.45, 2.75) is 38.5 Å². The van der Waals surface area contributed by atoms with Crippen molar-refractivity contribution >= 4 is 0 Å². The Balaban J connectivity index is 6.47. The molecule has 0 aliphatic heterocycles. The molecule has 0 fully saturated rings. The molecule has 4 heteroatoms. The van der Waals surface area contributed by atoms with Crippen LogP contribution in [0.1, 0.15) is 48.4 Å². The molecule has 0 spiro atoms. The number of rotatable bonds is 11. The smallest absolute Gasteiger partial charge is 0.210 e. The van der Waals surface area contributed by atoms with E-state index in [-0.39, 0.29) is 0 Å². The van der Waals surface area contributed by atoms with Gasteiger partial charge in [-0.25, -0.2) is 0 Å². The molecule has 0 radical (unpaired) electrons. The lowest BCUT2D eigenvalue weighted by atomic mass is 10.2. The van der Waals surface area contributed by atoms with Crippen molar-refractivity contribution in [2.75, 3.05) is 26.2 Å². The van der Waals surface area contributed by atoms with Crippen LogP contribution in [0.5, 0.6) is 0 Å². The van der Waals surface area contributed by atoms with Crippen molar-refractivity contribution in [3.05, 3.63) is 0 Å². The van der Waals surface area contributed by atoms with Crippen LogP contribution < -0.4 is 10.6 Å². The zero-order valence-corrected chi connectivity index (χ0v) is 7.13. The van der Waals surface area contributed by atoms with Gasteiger partial charge in [-0.2, -0.15) is 0 Å². The molecule has 4 nitrogen and oxygen atoms in total. The van der Waals surface area contributed by atoms with Gasteiger partial charge in [0.15, 0.2) is 0 Å². The molecule has 0 aromatic rings. The monoisotopic (exact) mass is 224 g/mol. The van der Waals surface area contributed by atoms with Crippen molar-refractivity contribution in [1.82, 2.24) is 10.6 Å². The maximum atomic E-state index is 8.13. The second-order valence-corrected chi connectivity index (χ2v) is 1.91. The van der Waals surface area contributed by atoms with E-state index < -0.39 is 75.3 Å². The van der Waals surface area contributed by atoms with Crippen molar-refractivity contribution < 1.29 is 35.0 Å². The minimum absolute atomic E-state index is 0.405. The van der Waals surface area contributed by atoms with Gasteiger partial charge in [-0.15, -0.1) is 0 Å². The van der Waals surface area contributed by atoms with Crippen LogP contribution in [0.15, 0.2) is 0 Å². The van der Waals surface area contributed by atoms with E-state index in [1.54, 1.807) is 0 Å². The predicted molar refractivity (Wildman–Crippen MR) is 58.3 cm³/mol.